The number of carbonyl (C=O) groups is 3. The maximum atomic E-state index is 13.6. The standard InChI is InChI=1S/C33H37BrN2O5/c1-4-19(3)41-29-27(34)14-20(15-28(29)40-5-2)13-26-30(37)35-32(39)36(31(26)38)25-8-6-24(7-9-25)33-16-21-10-22(17-33)12-23(11-21)18-33/h6-9,13-15,19,21-23H,4-5,10-12,16-18H2,1-3H3,(H,35,37,39)/b26-13+/t19-,21?,22?,23?,33?/m0/s1. The Hall–Kier alpha value is -3.13. The Bertz CT molecular complexity index is 1380. The second-order valence-electron chi connectivity index (χ2n) is 12.3. The Kier molecular flexibility index (Phi) is 7.47. The third kappa shape index (κ3) is 5.20. The molecule has 0 radical (unpaired) electrons. The summed E-state index contributed by atoms with van der Waals surface area (Å²) in [5.41, 5.74) is 2.43. The van der Waals surface area contributed by atoms with Crippen LogP contribution in [-0.4, -0.2) is 30.6 Å². The molecule has 1 saturated heterocycles. The van der Waals surface area contributed by atoms with E-state index in [9.17, 15) is 14.4 Å². The number of amides is 4. The summed E-state index contributed by atoms with van der Waals surface area (Å²) in [7, 11) is 0. The lowest BCUT2D eigenvalue weighted by molar-refractivity contribution is -0.122. The van der Waals surface area contributed by atoms with Crippen molar-refractivity contribution in [1.29, 1.82) is 0 Å². The number of imide groups is 2. The predicted octanol–water partition coefficient (Wildman–Crippen LogP) is 7.16. The quantitative estimate of drug-likeness (QED) is 0.250. The van der Waals surface area contributed by atoms with Crippen LogP contribution in [0.4, 0.5) is 10.5 Å². The van der Waals surface area contributed by atoms with Crippen molar-refractivity contribution in [2.24, 2.45) is 17.8 Å². The van der Waals surface area contributed by atoms with Crippen molar-refractivity contribution in [1.82, 2.24) is 5.32 Å². The molecule has 4 amide bonds. The first kappa shape index (κ1) is 28.0. The molecule has 41 heavy (non-hydrogen) atoms. The molecule has 5 fully saturated rings. The summed E-state index contributed by atoms with van der Waals surface area (Å²) < 4.78 is 12.5. The molecule has 216 valence electrons. The first-order valence-electron chi connectivity index (χ1n) is 14.8. The highest BCUT2D eigenvalue weighted by molar-refractivity contribution is 9.10. The van der Waals surface area contributed by atoms with E-state index in [1.54, 1.807) is 12.1 Å². The van der Waals surface area contributed by atoms with Crippen LogP contribution in [0, 0.1) is 17.8 Å². The van der Waals surface area contributed by atoms with E-state index in [2.05, 4.69) is 33.4 Å². The summed E-state index contributed by atoms with van der Waals surface area (Å²) in [6, 6.07) is 10.6. The van der Waals surface area contributed by atoms with Crippen molar-refractivity contribution in [3.63, 3.8) is 0 Å². The second-order valence-corrected chi connectivity index (χ2v) is 13.2. The zero-order valence-electron chi connectivity index (χ0n) is 23.9. The average Bonchev–Trinajstić information content (AvgIpc) is 2.92. The number of benzene rings is 2. The highest BCUT2D eigenvalue weighted by atomic mass is 79.9. The first-order valence-corrected chi connectivity index (χ1v) is 15.6. The summed E-state index contributed by atoms with van der Waals surface area (Å²) in [6.45, 7) is 6.31. The molecule has 1 N–H and O–H groups in total. The van der Waals surface area contributed by atoms with Gasteiger partial charge in [-0.05, 0) is 139 Å². The molecule has 7 rings (SSSR count). The first-order chi connectivity index (χ1) is 19.7. The maximum Gasteiger partial charge on any atom is 0.335 e. The summed E-state index contributed by atoms with van der Waals surface area (Å²) >= 11 is 3.56. The Balaban J connectivity index is 1.28. The summed E-state index contributed by atoms with van der Waals surface area (Å²) in [5.74, 6) is 2.17. The van der Waals surface area contributed by atoms with Crippen LogP contribution in [-0.2, 0) is 15.0 Å². The molecule has 4 saturated carbocycles. The highest BCUT2D eigenvalue weighted by Crippen LogP contribution is 2.60. The van der Waals surface area contributed by atoms with Crippen molar-refractivity contribution in [3.05, 3.63) is 57.6 Å². The predicted molar refractivity (Wildman–Crippen MR) is 161 cm³/mol. The number of nitrogens with one attached hydrogen (secondary N) is 1. The third-order valence-electron chi connectivity index (χ3n) is 9.41. The number of halogens is 1. The van der Waals surface area contributed by atoms with Crippen LogP contribution in [0.3, 0.4) is 0 Å². The molecule has 0 spiro atoms. The van der Waals surface area contributed by atoms with Crippen molar-refractivity contribution in [2.75, 3.05) is 11.5 Å². The van der Waals surface area contributed by atoms with E-state index in [0.717, 1.165) is 29.1 Å². The van der Waals surface area contributed by atoms with E-state index >= 15 is 0 Å². The maximum absolute atomic E-state index is 13.6. The number of rotatable bonds is 8. The molecular weight excluding hydrogens is 584 g/mol. The molecule has 1 aliphatic heterocycles. The molecular formula is C33H37BrN2O5. The van der Waals surface area contributed by atoms with Gasteiger partial charge >= 0.3 is 6.03 Å². The van der Waals surface area contributed by atoms with E-state index in [1.807, 2.05) is 32.9 Å². The lowest BCUT2D eigenvalue weighted by Crippen LogP contribution is -2.54. The van der Waals surface area contributed by atoms with Crippen LogP contribution >= 0.6 is 15.9 Å². The van der Waals surface area contributed by atoms with Crippen LogP contribution in [0.2, 0.25) is 0 Å². The van der Waals surface area contributed by atoms with Gasteiger partial charge in [-0.15, -0.1) is 0 Å². The van der Waals surface area contributed by atoms with Crippen LogP contribution in [0.15, 0.2) is 46.4 Å². The summed E-state index contributed by atoms with van der Waals surface area (Å²) in [6.07, 6.45) is 10.1. The number of urea groups is 1. The minimum Gasteiger partial charge on any atom is -0.490 e. The largest absolute Gasteiger partial charge is 0.490 e. The molecule has 0 aromatic heterocycles. The monoisotopic (exact) mass is 620 g/mol. The van der Waals surface area contributed by atoms with Crippen LogP contribution < -0.4 is 19.7 Å². The minimum atomic E-state index is -0.742. The van der Waals surface area contributed by atoms with E-state index in [-0.39, 0.29) is 17.1 Å². The van der Waals surface area contributed by atoms with Crippen LogP contribution in [0.25, 0.3) is 6.08 Å². The lowest BCUT2D eigenvalue weighted by Gasteiger charge is -2.57. The Morgan fingerprint density at radius 1 is 1.02 bits per heavy atom. The molecule has 1 heterocycles. The number of nitrogens with zero attached hydrogens (tertiary/aromatic N) is 1. The van der Waals surface area contributed by atoms with Gasteiger partial charge in [-0.25, -0.2) is 9.69 Å². The fourth-order valence-electron chi connectivity index (χ4n) is 7.82. The molecule has 1 atom stereocenters. The van der Waals surface area contributed by atoms with E-state index in [1.165, 1.54) is 50.2 Å². The number of barbiturate groups is 1. The van der Waals surface area contributed by atoms with Crippen molar-refractivity contribution >= 4 is 45.5 Å². The molecule has 5 aliphatic rings. The van der Waals surface area contributed by atoms with E-state index in [0.29, 0.717) is 33.8 Å². The van der Waals surface area contributed by atoms with Gasteiger partial charge in [0.1, 0.15) is 5.57 Å². The third-order valence-corrected chi connectivity index (χ3v) is 10.0. The summed E-state index contributed by atoms with van der Waals surface area (Å²) in [4.78, 5) is 40.4. The van der Waals surface area contributed by atoms with E-state index < -0.39 is 17.8 Å². The Labute approximate surface area is 249 Å². The van der Waals surface area contributed by atoms with Gasteiger partial charge < -0.3 is 9.47 Å². The molecule has 8 heteroatoms. The van der Waals surface area contributed by atoms with Gasteiger partial charge in [0.2, 0.25) is 0 Å². The molecule has 4 bridgehead atoms. The number of hydrogen-bond donors (Lipinski definition) is 1. The van der Waals surface area contributed by atoms with Gasteiger partial charge in [-0.3, -0.25) is 14.9 Å². The van der Waals surface area contributed by atoms with Gasteiger partial charge in [-0.2, -0.15) is 0 Å². The molecule has 4 aliphatic carbocycles. The minimum absolute atomic E-state index is 0.0192. The second kappa shape index (κ2) is 10.9. The molecule has 2 aromatic rings. The van der Waals surface area contributed by atoms with Crippen LogP contribution in [0.1, 0.15) is 76.8 Å². The summed E-state index contributed by atoms with van der Waals surface area (Å²) in [5, 5.41) is 2.34. The number of carbonyl (C=O) groups excluding carboxylic acids is 3. The van der Waals surface area contributed by atoms with Crippen LogP contribution in [0.5, 0.6) is 11.5 Å². The fraction of sp³-hybridized carbons (Fsp3) is 0.485. The normalized spacial score (nSPS) is 28.7. The Morgan fingerprint density at radius 2 is 1.66 bits per heavy atom. The molecule has 0 unspecified atom stereocenters. The van der Waals surface area contributed by atoms with Gasteiger partial charge in [0.05, 0.1) is 22.9 Å². The number of ether oxygens (including phenoxy) is 2. The van der Waals surface area contributed by atoms with Gasteiger partial charge in [0, 0.05) is 0 Å². The van der Waals surface area contributed by atoms with Crippen molar-refractivity contribution in [3.8, 4) is 11.5 Å². The zero-order valence-corrected chi connectivity index (χ0v) is 25.5. The fourth-order valence-corrected chi connectivity index (χ4v) is 8.37. The van der Waals surface area contributed by atoms with Crippen molar-refractivity contribution < 1.29 is 23.9 Å². The van der Waals surface area contributed by atoms with Gasteiger partial charge in [-0.1, -0.05) is 19.1 Å². The SMILES string of the molecule is CCOc1cc(/C=C2\C(=O)NC(=O)N(c3ccc(C45CC6CC(CC(C6)C4)C5)cc3)C2=O)cc(Br)c1O[C@@H](C)CC. The van der Waals surface area contributed by atoms with Gasteiger partial charge in [0.25, 0.3) is 11.8 Å². The topological polar surface area (TPSA) is 84.9 Å². The molecule has 7 nitrogen and oxygen atoms in total. The Morgan fingerprint density at radius 3 is 2.24 bits per heavy atom. The number of anilines is 1. The lowest BCUT2D eigenvalue weighted by atomic mass is 9.48. The van der Waals surface area contributed by atoms with E-state index in [4.69, 9.17) is 9.47 Å². The number of hydrogen-bond acceptors (Lipinski definition) is 5. The van der Waals surface area contributed by atoms with Gasteiger partial charge in [0.15, 0.2) is 11.5 Å². The molecule has 2 aromatic carbocycles. The zero-order chi connectivity index (χ0) is 28.9. The highest BCUT2D eigenvalue weighted by Gasteiger charge is 2.51. The average molecular weight is 622 g/mol. The van der Waals surface area contributed by atoms with Crippen molar-refractivity contribution in [2.45, 2.75) is 77.2 Å². The smallest absolute Gasteiger partial charge is 0.335 e.